The van der Waals surface area contributed by atoms with E-state index in [1.54, 1.807) is 19.4 Å². The molecular weight excluding hydrogens is 278 g/mol. The van der Waals surface area contributed by atoms with Crippen molar-refractivity contribution in [2.75, 3.05) is 20.8 Å². The number of ether oxygens (including phenoxy) is 1. The van der Waals surface area contributed by atoms with Crippen molar-refractivity contribution in [2.24, 2.45) is 13.0 Å². The maximum atomic E-state index is 12.4. The van der Waals surface area contributed by atoms with Gasteiger partial charge in [-0.05, 0) is 19.0 Å². The van der Waals surface area contributed by atoms with Crippen LogP contribution < -0.4 is 10.0 Å². The molecule has 0 fully saturated rings. The maximum absolute atomic E-state index is 12.4. The van der Waals surface area contributed by atoms with E-state index >= 15 is 0 Å². The van der Waals surface area contributed by atoms with E-state index in [0.29, 0.717) is 13.2 Å². The van der Waals surface area contributed by atoms with Crippen LogP contribution in [-0.4, -0.2) is 39.8 Å². The summed E-state index contributed by atoms with van der Waals surface area (Å²) < 4.78 is 34.4. The molecule has 2 N–H and O–H groups in total. The highest BCUT2D eigenvalue weighted by molar-refractivity contribution is 7.89. The van der Waals surface area contributed by atoms with Crippen LogP contribution in [0.3, 0.4) is 0 Å². The Morgan fingerprint density at radius 1 is 1.40 bits per heavy atom. The molecule has 0 saturated heterocycles. The number of aryl methyl sites for hydroxylation is 1. The van der Waals surface area contributed by atoms with Gasteiger partial charge in [0.2, 0.25) is 10.0 Å². The molecule has 1 unspecified atom stereocenters. The molecule has 20 heavy (non-hydrogen) atoms. The standard InChI is InChI=1S/C13H25N3O3S/c1-10(2)13(9-19-5)15-20(17,18)12-6-11(7-14-3)16(4)8-12/h6,8,10,13-15H,7,9H2,1-5H3. The topological polar surface area (TPSA) is 72.4 Å². The molecule has 0 spiro atoms. The van der Waals surface area contributed by atoms with Crippen LogP contribution in [0.1, 0.15) is 19.5 Å². The lowest BCUT2D eigenvalue weighted by atomic mass is 10.1. The van der Waals surface area contributed by atoms with Gasteiger partial charge in [-0.1, -0.05) is 13.8 Å². The van der Waals surface area contributed by atoms with Crippen LogP contribution in [0.4, 0.5) is 0 Å². The molecule has 0 amide bonds. The Hall–Kier alpha value is -0.890. The first kappa shape index (κ1) is 17.2. The number of rotatable bonds is 8. The highest BCUT2D eigenvalue weighted by atomic mass is 32.2. The van der Waals surface area contributed by atoms with Crippen LogP contribution >= 0.6 is 0 Å². The maximum Gasteiger partial charge on any atom is 0.242 e. The predicted octanol–water partition coefficient (Wildman–Crippen LogP) is 0.694. The van der Waals surface area contributed by atoms with Crippen molar-refractivity contribution in [1.29, 1.82) is 0 Å². The van der Waals surface area contributed by atoms with Gasteiger partial charge in [-0.25, -0.2) is 13.1 Å². The van der Waals surface area contributed by atoms with Crippen molar-refractivity contribution in [1.82, 2.24) is 14.6 Å². The molecule has 0 bridgehead atoms. The van der Waals surface area contributed by atoms with Gasteiger partial charge in [0.1, 0.15) is 0 Å². The van der Waals surface area contributed by atoms with Gasteiger partial charge in [0.15, 0.2) is 0 Å². The first-order valence-electron chi connectivity index (χ1n) is 6.63. The van der Waals surface area contributed by atoms with Gasteiger partial charge < -0.3 is 14.6 Å². The Bertz CT molecular complexity index is 523. The molecule has 0 aromatic carbocycles. The number of sulfonamides is 1. The van der Waals surface area contributed by atoms with Crippen molar-refractivity contribution in [3.05, 3.63) is 18.0 Å². The molecule has 1 atom stereocenters. The summed E-state index contributed by atoms with van der Waals surface area (Å²) in [6, 6.07) is 1.45. The van der Waals surface area contributed by atoms with Crippen LogP contribution in [0, 0.1) is 5.92 Å². The van der Waals surface area contributed by atoms with E-state index < -0.39 is 10.0 Å². The van der Waals surface area contributed by atoms with Gasteiger partial charge in [0, 0.05) is 38.6 Å². The summed E-state index contributed by atoms with van der Waals surface area (Å²) in [4.78, 5) is 0.284. The fraction of sp³-hybridized carbons (Fsp3) is 0.692. The average Bonchev–Trinajstić information content (AvgIpc) is 2.71. The largest absolute Gasteiger partial charge is 0.383 e. The van der Waals surface area contributed by atoms with E-state index in [2.05, 4.69) is 10.0 Å². The molecule has 0 aliphatic heterocycles. The normalized spacial score (nSPS) is 13.9. The highest BCUT2D eigenvalue weighted by Gasteiger charge is 2.24. The molecule has 0 aliphatic rings. The molecule has 0 aliphatic carbocycles. The third-order valence-corrected chi connectivity index (χ3v) is 4.67. The quantitative estimate of drug-likeness (QED) is 0.741. The summed E-state index contributed by atoms with van der Waals surface area (Å²) in [7, 11) is 1.70. The molecule has 116 valence electrons. The zero-order valence-electron chi connectivity index (χ0n) is 12.8. The number of hydrogen-bond donors (Lipinski definition) is 2. The molecule has 1 rings (SSSR count). The lowest BCUT2D eigenvalue weighted by Gasteiger charge is -2.20. The van der Waals surface area contributed by atoms with Crippen LogP contribution in [-0.2, 0) is 28.4 Å². The third kappa shape index (κ3) is 4.31. The third-order valence-electron chi connectivity index (χ3n) is 3.21. The van der Waals surface area contributed by atoms with Crippen LogP contribution in [0.5, 0.6) is 0 Å². The van der Waals surface area contributed by atoms with Crippen molar-refractivity contribution in [2.45, 2.75) is 31.3 Å². The Balaban J connectivity index is 2.95. The second-order valence-corrected chi connectivity index (χ2v) is 6.95. The number of hydrogen-bond acceptors (Lipinski definition) is 4. The van der Waals surface area contributed by atoms with E-state index in [1.165, 1.54) is 0 Å². The minimum atomic E-state index is -3.53. The summed E-state index contributed by atoms with van der Waals surface area (Å²) in [6.07, 6.45) is 1.62. The van der Waals surface area contributed by atoms with E-state index in [-0.39, 0.29) is 16.9 Å². The van der Waals surface area contributed by atoms with E-state index in [4.69, 9.17) is 4.74 Å². The van der Waals surface area contributed by atoms with E-state index in [9.17, 15) is 8.42 Å². The number of aromatic nitrogens is 1. The fourth-order valence-electron chi connectivity index (χ4n) is 1.89. The Kier molecular flexibility index (Phi) is 6.19. The average molecular weight is 303 g/mol. The van der Waals surface area contributed by atoms with Gasteiger partial charge in [0.25, 0.3) is 0 Å². The van der Waals surface area contributed by atoms with Crippen molar-refractivity contribution in [3.8, 4) is 0 Å². The Labute approximate surface area is 121 Å². The van der Waals surface area contributed by atoms with Crippen LogP contribution in [0.15, 0.2) is 17.2 Å². The summed E-state index contributed by atoms with van der Waals surface area (Å²) in [5.41, 5.74) is 0.917. The molecule has 0 saturated carbocycles. The van der Waals surface area contributed by atoms with Crippen LogP contribution in [0.25, 0.3) is 0 Å². The van der Waals surface area contributed by atoms with Gasteiger partial charge in [0.05, 0.1) is 11.5 Å². The summed E-state index contributed by atoms with van der Waals surface area (Å²) in [5, 5.41) is 3.01. The Morgan fingerprint density at radius 2 is 2.05 bits per heavy atom. The summed E-state index contributed by atoms with van der Waals surface area (Å²) in [5.74, 6) is 0.158. The van der Waals surface area contributed by atoms with Gasteiger partial charge in [-0.2, -0.15) is 0 Å². The summed E-state index contributed by atoms with van der Waals surface area (Å²) in [6.45, 7) is 4.90. The van der Waals surface area contributed by atoms with Crippen LogP contribution in [0.2, 0.25) is 0 Å². The SMILES string of the molecule is CNCc1cc(S(=O)(=O)NC(COC)C(C)C)cn1C. The van der Waals surface area contributed by atoms with Gasteiger partial charge in [-0.15, -0.1) is 0 Å². The molecule has 7 heteroatoms. The van der Waals surface area contributed by atoms with E-state index in [1.807, 2.05) is 32.5 Å². The lowest BCUT2D eigenvalue weighted by Crippen LogP contribution is -2.41. The lowest BCUT2D eigenvalue weighted by molar-refractivity contribution is 0.157. The second kappa shape index (κ2) is 7.21. The Morgan fingerprint density at radius 3 is 2.55 bits per heavy atom. The molecule has 0 radical (unpaired) electrons. The zero-order valence-corrected chi connectivity index (χ0v) is 13.6. The molecular formula is C13H25N3O3S. The molecule has 1 aromatic heterocycles. The number of nitrogens with one attached hydrogen (secondary N) is 2. The zero-order chi connectivity index (χ0) is 15.3. The first-order valence-corrected chi connectivity index (χ1v) is 8.11. The highest BCUT2D eigenvalue weighted by Crippen LogP contribution is 2.15. The number of methoxy groups -OCH3 is 1. The minimum absolute atomic E-state index is 0.158. The molecule has 1 heterocycles. The molecule has 6 nitrogen and oxygen atoms in total. The second-order valence-electron chi connectivity index (χ2n) is 5.24. The van der Waals surface area contributed by atoms with Crippen molar-refractivity contribution in [3.63, 3.8) is 0 Å². The minimum Gasteiger partial charge on any atom is -0.383 e. The van der Waals surface area contributed by atoms with Crippen molar-refractivity contribution < 1.29 is 13.2 Å². The summed E-state index contributed by atoms with van der Waals surface area (Å²) >= 11 is 0. The first-order chi connectivity index (χ1) is 9.31. The predicted molar refractivity (Wildman–Crippen MR) is 79.0 cm³/mol. The van der Waals surface area contributed by atoms with Gasteiger partial charge >= 0.3 is 0 Å². The monoisotopic (exact) mass is 303 g/mol. The van der Waals surface area contributed by atoms with Crippen molar-refractivity contribution >= 4 is 10.0 Å². The van der Waals surface area contributed by atoms with Gasteiger partial charge in [-0.3, -0.25) is 0 Å². The van der Waals surface area contributed by atoms with E-state index in [0.717, 1.165) is 5.69 Å². The smallest absolute Gasteiger partial charge is 0.242 e. The number of nitrogens with zero attached hydrogens (tertiary/aromatic N) is 1. The fourth-order valence-corrected chi connectivity index (χ4v) is 3.35. The molecule has 1 aromatic rings.